The Labute approximate surface area is 170 Å². The number of thiophene rings is 1. The average Bonchev–Trinajstić information content (AvgIpc) is 3.12. The number of carbonyl (C=O) groups is 2. The zero-order valence-corrected chi connectivity index (χ0v) is 17.1. The second kappa shape index (κ2) is 8.12. The van der Waals surface area contributed by atoms with E-state index in [4.69, 9.17) is 0 Å². The number of nitrogens with one attached hydrogen (secondary N) is 1. The van der Waals surface area contributed by atoms with Gasteiger partial charge >= 0.3 is 0 Å². The van der Waals surface area contributed by atoms with E-state index in [2.05, 4.69) is 10.3 Å². The Morgan fingerprint density at radius 3 is 2.55 bits per heavy atom. The van der Waals surface area contributed by atoms with E-state index in [1.54, 1.807) is 32.2 Å². The van der Waals surface area contributed by atoms with E-state index in [-0.39, 0.29) is 24.6 Å². The van der Waals surface area contributed by atoms with Crippen molar-refractivity contribution in [2.24, 2.45) is 0 Å². The molecule has 152 valence electrons. The molecule has 2 heterocycles. The third-order valence-corrected chi connectivity index (χ3v) is 5.12. The first-order valence-electron chi connectivity index (χ1n) is 8.93. The molecular weight excluding hydrogens is 395 g/mol. The fraction of sp³-hybridized carbons (Fsp3) is 0.300. The molecule has 9 heteroatoms. The van der Waals surface area contributed by atoms with Crippen LogP contribution in [0.25, 0.3) is 10.2 Å². The van der Waals surface area contributed by atoms with Gasteiger partial charge in [0.2, 0.25) is 11.8 Å². The Morgan fingerprint density at radius 1 is 1.21 bits per heavy atom. The van der Waals surface area contributed by atoms with Crippen LogP contribution in [0.4, 0.5) is 10.1 Å². The molecule has 0 aliphatic carbocycles. The number of carbonyl (C=O) groups excluding carboxylic acids is 2. The summed E-state index contributed by atoms with van der Waals surface area (Å²) in [5.74, 6) is -1.21. The van der Waals surface area contributed by atoms with Crippen LogP contribution in [0.3, 0.4) is 0 Å². The highest BCUT2D eigenvalue weighted by atomic mass is 32.1. The minimum atomic E-state index is -0.652. The Morgan fingerprint density at radius 2 is 1.90 bits per heavy atom. The minimum Gasteiger partial charge on any atom is -0.327 e. The number of rotatable bonds is 5. The molecule has 7 nitrogen and oxygen atoms in total. The van der Waals surface area contributed by atoms with Gasteiger partial charge in [0, 0.05) is 11.2 Å². The third kappa shape index (κ3) is 4.86. The normalized spacial score (nSPS) is 11.4. The molecule has 2 aromatic heterocycles. The predicted octanol–water partition coefficient (Wildman–Crippen LogP) is 2.86. The summed E-state index contributed by atoms with van der Waals surface area (Å²) in [5, 5.41) is 4.87. The smallest absolute Gasteiger partial charge is 0.262 e. The maximum atomic E-state index is 13.0. The van der Waals surface area contributed by atoms with Crippen molar-refractivity contribution in [3.05, 3.63) is 58.2 Å². The molecule has 2 amide bonds. The van der Waals surface area contributed by atoms with Crippen LogP contribution in [0, 0.1) is 5.82 Å². The Hall–Kier alpha value is -3.07. The van der Waals surface area contributed by atoms with Crippen LogP contribution in [-0.4, -0.2) is 38.3 Å². The van der Waals surface area contributed by atoms with Crippen LogP contribution in [0.2, 0.25) is 0 Å². The van der Waals surface area contributed by atoms with Crippen LogP contribution in [-0.2, 0) is 16.1 Å². The Bertz CT molecular complexity index is 1100. The van der Waals surface area contributed by atoms with Gasteiger partial charge in [-0.05, 0) is 56.5 Å². The van der Waals surface area contributed by atoms with E-state index in [1.165, 1.54) is 51.4 Å². The topological polar surface area (TPSA) is 84.3 Å². The van der Waals surface area contributed by atoms with Crippen molar-refractivity contribution in [1.82, 2.24) is 14.5 Å². The third-order valence-electron chi connectivity index (χ3n) is 4.30. The number of nitrogens with zero attached hydrogens (tertiary/aromatic N) is 3. The number of fused-ring (bicyclic) bond motifs is 1. The van der Waals surface area contributed by atoms with Gasteiger partial charge in [0.15, 0.2) is 0 Å². The summed E-state index contributed by atoms with van der Waals surface area (Å²) in [6.07, 6.45) is 1.35. The molecule has 0 atom stereocenters. The highest BCUT2D eigenvalue weighted by Gasteiger charge is 2.29. The summed E-state index contributed by atoms with van der Waals surface area (Å²) in [7, 11) is 0. The van der Waals surface area contributed by atoms with Gasteiger partial charge in [0.25, 0.3) is 5.56 Å². The van der Waals surface area contributed by atoms with Crippen LogP contribution in [0.5, 0.6) is 0 Å². The van der Waals surface area contributed by atoms with Gasteiger partial charge in [-0.2, -0.15) is 0 Å². The summed E-state index contributed by atoms with van der Waals surface area (Å²) in [6.45, 7) is 4.98. The van der Waals surface area contributed by atoms with E-state index < -0.39 is 17.3 Å². The first kappa shape index (κ1) is 20.7. The quantitative estimate of drug-likeness (QED) is 0.693. The van der Waals surface area contributed by atoms with E-state index in [1.807, 2.05) is 0 Å². The Balaban J connectivity index is 1.76. The number of halogens is 1. The molecule has 0 saturated heterocycles. The first-order chi connectivity index (χ1) is 13.6. The maximum Gasteiger partial charge on any atom is 0.262 e. The largest absolute Gasteiger partial charge is 0.327 e. The SMILES string of the molecule is CC(C)(C)N(CC(=O)Nc1ccc(F)cc1)C(=O)Cn1cnc2sccc2c1=O. The minimum absolute atomic E-state index is 0.206. The number of amides is 2. The zero-order valence-electron chi connectivity index (χ0n) is 16.3. The molecule has 0 aliphatic heterocycles. The van der Waals surface area contributed by atoms with E-state index in [0.29, 0.717) is 15.9 Å². The van der Waals surface area contributed by atoms with Crippen molar-refractivity contribution in [2.75, 3.05) is 11.9 Å². The van der Waals surface area contributed by atoms with Crippen molar-refractivity contribution < 1.29 is 14.0 Å². The molecule has 0 fully saturated rings. The van der Waals surface area contributed by atoms with E-state index in [9.17, 15) is 18.8 Å². The summed E-state index contributed by atoms with van der Waals surface area (Å²) in [5.41, 5.74) is -0.518. The monoisotopic (exact) mass is 416 g/mol. The summed E-state index contributed by atoms with van der Waals surface area (Å²) in [4.78, 5) is 44.1. The first-order valence-corrected chi connectivity index (χ1v) is 9.81. The molecule has 0 aliphatic rings. The lowest BCUT2D eigenvalue weighted by Gasteiger charge is -2.35. The van der Waals surface area contributed by atoms with Gasteiger partial charge in [0.05, 0.1) is 11.7 Å². The maximum absolute atomic E-state index is 13.0. The van der Waals surface area contributed by atoms with Crippen LogP contribution in [0.1, 0.15) is 20.8 Å². The second-order valence-electron chi connectivity index (χ2n) is 7.52. The van der Waals surface area contributed by atoms with E-state index >= 15 is 0 Å². The fourth-order valence-electron chi connectivity index (χ4n) is 2.81. The van der Waals surface area contributed by atoms with Gasteiger partial charge in [-0.3, -0.25) is 19.0 Å². The predicted molar refractivity (Wildman–Crippen MR) is 110 cm³/mol. The van der Waals surface area contributed by atoms with Gasteiger partial charge in [-0.15, -0.1) is 11.3 Å². The van der Waals surface area contributed by atoms with Crippen molar-refractivity contribution in [1.29, 1.82) is 0 Å². The zero-order chi connectivity index (χ0) is 21.2. The number of aromatic nitrogens is 2. The highest BCUT2D eigenvalue weighted by Crippen LogP contribution is 2.16. The van der Waals surface area contributed by atoms with Gasteiger partial charge < -0.3 is 10.2 Å². The van der Waals surface area contributed by atoms with Crippen molar-refractivity contribution in [3.63, 3.8) is 0 Å². The molecule has 0 spiro atoms. The lowest BCUT2D eigenvalue weighted by Crippen LogP contribution is -2.51. The van der Waals surface area contributed by atoms with Gasteiger partial charge in [0.1, 0.15) is 23.7 Å². The van der Waals surface area contributed by atoms with Crippen molar-refractivity contribution >= 4 is 39.1 Å². The molecule has 0 bridgehead atoms. The molecule has 0 unspecified atom stereocenters. The molecule has 0 saturated carbocycles. The van der Waals surface area contributed by atoms with Crippen LogP contribution in [0.15, 0.2) is 46.8 Å². The molecule has 0 radical (unpaired) electrons. The highest BCUT2D eigenvalue weighted by molar-refractivity contribution is 7.16. The molecule has 29 heavy (non-hydrogen) atoms. The Kier molecular flexibility index (Phi) is 5.78. The van der Waals surface area contributed by atoms with Crippen molar-refractivity contribution in [2.45, 2.75) is 32.9 Å². The molecular formula is C20H21FN4O3S. The number of benzene rings is 1. The molecule has 3 rings (SSSR count). The van der Waals surface area contributed by atoms with Gasteiger partial charge in [-0.25, -0.2) is 9.37 Å². The number of hydrogen-bond donors (Lipinski definition) is 1. The number of anilines is 1. The molecule has 1 N–H and O–H groups in total. The summed E-state index contributed by atoms with van der Waals surface area (Å²) >= 11 is 1.35. The summed E-state index contributed by atoms with van der Waals surface area (Å²) < 4.78 is 14.3. The van der Waals surface area contributed by atoms with E-state index in [0.717, 1.165) is 0 Å². The van der Waals surface area contributed by atoms with Crippen LogP contribution >= 0.6 is 11.3 Å². The summed E-state index contributed by atoms with van der Waals surface area (Å²) in [6, 6.07) is 7.04. The lowest BCUT2D eigenvalue weighted by atomic mass is 10.1. The lowest BCUT2D eigenvalue weighted by molar-refractivity contribution is -0.140. The average molecular weight is 416 g/mol. The molecule has 3 aromatic rings. The number of hydrogen-bond acceptors (Lipinski definition) is 5. The fourth-order valence-corrected chi connectivity index (χ4v) is 3.54. The van der Waals surface area contributed by atoms with Crippen molar-refractivity contribution in [3.8, 4) is 0 Å². The van der Waals surface area contributed by atoms with Crippen LogP contribution < -0.4 is 10.9 Å². The second-order valence-corrected chi connectivity index (χ2v) is 8.42. The van der Waals surface area contributed by atoms with Gasteiger partial charge in [-0.1, -0.05) is 0 Å². The standard InChI is InChI=1S/C20H21FN4O3S/c1-20(2,3)25(10-16(26)23-14-6-4-13(21)5-7-14)17(27)11-24-12-22-18-15(19(24)28)8-9-29-18/h4-9,12H,10-11H2,1-3H3,(H,23,26). The molecule has 1 aromatic carbocycles.